The SMILES string of the molecule is CCOc1ccc(C2=C(c3ccc(O[C@H]4CCN(CCCF)C4)cc3)c3ccc(O)cc3CCC2)cc1C(F)(F)F. The standard InChI is InChI=1S/C33H35F4NO3/c1-2-40-31-14-9-24(20-30(31)33(35,36)37)28-6-3-5-23-19-25(39)10-13-29(23)32(28)22-7-11-26(12-8-22)41-27-15-18-38(21-27)17-4-16-34/h7-14,19-20,27,39H,2-6,15-18,21H2,1H3/t27-/m0/s1. The number of nitrogens with zero attached hydrogens (tertiary/aromatic N) is 1. The monoisotopic (exact) mass is 569 g/mol. The van der Waals surface area contributed by atoms with E-state index < -0.39 is 11.7 Å². The van der Waals surface area contributed by atoms with Crippen molar-refractivity contribution >= 4 is 11.1 Å². The van der Waals surface area contributed by atoms with Crippen LogP contribution in [0.4, 0.5) is 17.6 Å². The van der Waals surface area contributed by atoms with Gasteiger partial charge in [0.2, 0.25) is 0 Å². The number of halogens is 4. The maximum absolute atomic E-state index is 14.0. The zero-order valence-corrected chi connectivity index (χ0v) is 23.1. The largest absolute Gasteiger partial charge is 0.508 e. The number of likely N-dealkylation sites (tertiary alicyclic amines) is 1. The van der Waals surface area contributed by atoms with Crippen molar-refractivity contribution in [3.05, 3.63) is 88.5 Å². The summed E-state index contributed by atoms with van der Waals surface area (Å²) in [6, 6.07) is 17.2. The van der Waals surface area contributed by atoms with Crippen LogP contribution in [0.5, 0.6) is 17.2 Å². The Labute approximate surface area is 238 Å². The molecule has 4 nitrogen and oxygen atoms in total. The third kappa shape index (κ3) is 6.70. The van der Waals surface area contributed by atoms with Gasteiger partial charge >= 0.3 is 6.18 Å². The zero-order valence-electron chi connectivity index (χ0n) is 23.1. The molecule has 2 aliphatic rings. The molecule has 1 N–H and O–H groups in total. The number of phenols is 1. The van der Waals surface area contributed by atoms with Crippen LogP contribution >= 0.6 is 0 Å². The first-order valence-electron chi connectivity index (χ1n) is 14.2. The Morgan fingerprint density at radius 3 is 2.49 bits per heavy atom. The third-order valence-corrected chi connectivity index (χ3v) is 7.75. The van der Waals surface area contributed by atoms with Crippen molar-refractivity contribution in [1.82, 2.24) is 4.90 Å². The fourth-order valence-electron chi connectivity index (χ4n) is 5.89. The van der Waals surface area contributed by atoms with E-state index in [4.69, 9.17) is 9.47 Å². The summed E-state index contributed by atoms with van der Waals surface area (Å²) in [7, 11) is 0. The Kier molecular flexibility index (Phi) is 8.88. The molecule has 0 bridgehead atoms. The Morgan fingerprint density at radius 1 is 0.976 bits per heavy atom. The summed E-state index contributed by atoms with van der Waals surface area (Å²) < 4.78 is 66.2. The maximum atomic E-state index is 14.0. The summed E-state index contributed by atoms with van der Waals surface area (Å²) in [5, 5.41) is 10.2. The lowest BCUT2D eigenvalue weighted by atomic mass is 9.87. The van der Waals surface area contributed by atoms with Crippen molar-refractivity contribution in [3.63, 3.8) is 0 Å². The molecule has 1 aliphatic carbocycles. The molecule has 3 aromatic rings. The fraction of sp³-hybridized carbons (Fsp3) is 0.394. The van der Waals surface area contributed by atoms with Gasteiger partial charge in [-0.2, -0.15) is 13.2 Å². The van der Waals surface area contributed by atoms with E-state index in [0.29, 0.717) is 30.6 Å². The van der Waals surface area contributed by atoms with Gasteiger partial charge in [0.15, 0.2) is 0 Å². The molecule has 0 saturated carbocycles. The van der Waals surface area contributed by atoms with E-state index in [1.807, 2.05) is 30.3 Å². The van der Waals surface area contributed by atoms with E-state index in [2.05, 4.69) is 4.90 Å². The summed E-state index contributed by atoms with van der Waals surface area (Å²) in [5.41, 5.74) is 4.08. The number of alkyl halides is 4. The van der Waals surface area contributed by atoms with Crippen LogP contribution in [0.2, 0.25) is 0 Å². The number of fused-ring (bicyclic) bond motifs is 1. The summed E-state index contributed by atoms with van der Waals surface area (Å²) in [6.45, 7) is 3.84. The molecule has 3 aromatic carbocycles. The third-order valence-electron chi connectivity index (χ3n) is 7.75. The van der Waals surface area contributed by atoms with Gasteiger partial charge in [0.25, 0.3) is 0 Å². The van der Waals surface area contributed by atoms with E-state index in [9.17, 15) is 22.7 Å². The van der Waals surface area contributed by atoms with E-state index >= 15 is 0 Å². The van der Waals surface area contributed by atoms with E-state index in [0.717, 1.165) is 60.3 Å². The van der Waals surface area contributed by atoms with Crippen molar-refractivity contribution < 1.29 is 32.1 Å². The highest BCUT2D eigenvalue weighted by Gasteiger charge is 2.35. The van der Waals surface area contributed by atoms with Gasteiger partial charge in [0.1, 0.15) is 23.4 Å². The van der Waals surface area contributed by atoms with E-state index in [-0.39, 0.29) is 30.9 Å². The Hall–Kier alpha value is -3.52. The fourth-order valence-corrected chi connectivity index (χ4v) is 5.89. The second-order valence-electron chi connectivity index (χ2n) is 10.6. The first-order chi connectivity index (χ1) is 19.8. The highest BCUT2D eigenvalue weighted by Crippen LogP contribution is 2.44. The van der Waals surface area contributed by atoms with E-state index in [1.165, 1.54) is 12.1 Å². The molecule has 1 atom stereocenters. The molecule has 0 amide bonds. The van der Waals surface area contributed by atoms with Gasteiger partial charge in [-0.1, -0.05) is 24.3 Å². The van der Waals surface area contributed by atoms with Crippen LogP contribution in [-0.2, 0) is 12.6 Å². The molecule has 0 unspecified atom stereocenters. The van der Waals surface area contributed by atoms with E-state index in [1.54, 1.807) is 25.1 Å². The lowest BCUT2D eigenvalue weighted by molar-refractivity contribution is -0.138. The van der Waals surface area contributed by atoms with Gasteiger partial charge in [0, 0.05) is 19.6 Å². The topological polar surface area (TPSA) is 41.9 Å². The Balaban J connectivity index is 1.53. The molecule has 5 rings (SSSR count). The molecular weight excluding hydrogens is 534 g/mol. The minimum absolute atomic E-state index is 0.0291. The first-order valence-corrected chi connectivity index (χ1v) is 14.2. The number of rotatable bonds is 9. The van der Waals surface area contributed by atoms with Gasteiger partial charge in [-0.3, -0.25) is 9.29 Å². The van der Waals surface area contributed by atoms with Gasteiger partial charge < -0.3 is 14.6 Å². The van der Waals surface area contributed by atoms with Crippen LogP contribution in [0.3, 0.4) is 0 Å². The zero-order chi connectivity index (χ0) is 29.0. The lowest BCUT2D eigenvalue weighted by Gasteiger charge is -2.20. The second-order valence-corrected chi connectivity index (χ2v) is 10.6. The summed E-state index contributed by atoms with van der Waals surface area (Å²) in [6.07, 6.45) is -1.13. The smallest absolute Gasteiger partial charge is 0.419 e. The van der Waals surface area contributed by atoms with Gasteiger partial charge in [0.05, 0.1) is 18.8 Å². The molecule has 0 spiro atoms. The highest BCUT2D eigenvalue weighted by molar-refractivity contribution is 6.00. The molecular formula is C33H35F4NO3. The van der Waals surface area contributed by atoms with Crippen molar-refractivity contribution in [2.75, 3.05) is 32.9 Å². The molecule has 1 fully saturated rings. The quantitative estimate of drug-likeness (QED) is 0.266. The number of phenolic OH excluding ortho intramolecular Hbond substituents is 1. The second kappa shape index (κ2) is 12.6. The number of hydrogen-bond acceptors (Lipinski definition) is 4. The van der Waals surface area contributed by atoms with Gasteiger partial charge in [-0.05, 0) is 109 Å². The van der Waals surface area contributed by atoms with Crippen LogP contribution in [0.1, 0.15) is 60.4 Å². The molecule has 41 heavy (non-hydrogen) atoms. The molecule has 0 aromatic heterocycles. The number of aryl methyl sites for hydroxylation is 1. The number of ether oxygens (including phenoxy) is 2. The van der Waals surface area contributed by atoms with Crippen LogP contribution < -0.4 is 9.47 Å². The molecule has 1 saturated heterocycles. The average molecular weight is 570 g/mol. The van der Waals surface area contributed by atoms with Gasteiger partial charge in [-0.15, -0.1) is 0 Å². The number of hydrogen-bond donors (Lipinski definition) is 1. The Bertz CT molecular complexity index is 1380. The molecule has 1 aliphatic heterocycles. The van der Waals surface area contributed by atoms with Crippen LogP contribution in [0.15, 0.2) is 60.7 Å². The molecule has 8 heteroatoms. The van der Waals surface area contributed by atoms with Crippen LogP contribution in [0.25, 0.3) is 11.1 Å². The summed E-state index contributed by atoms with van der Waals surface area (Å²) >= 11 is 0. The predicted molar refractivity (Wildman–Crippen MR) is 152 cm³/mol. The highest BCUT2D eigenvalue weighted by atomic mass is 19.4. The van der Waals surface area contributed by atoms with Crippen molar-refractivity contribution in [3.8, 4) is 17.2 Å². The van der Waals surface area contributed by atoms with Crippen molar-refractivity contribution in [1.29, 1.82) is 0 Å². The van der Waals surface area contributed by atoms with Crippen LogP contribution in [0, 0.1) is 0 Å². The van der Waals surface area contributed by atoms with Crippen molar-refractivity contribution in [2.45, 2.75) is 51.3 Å². The minimum atomic E-state index is -4.56. The summed E-state index contributed by atoms with van der Waals surface area (Å²) in [5.74, 6) is 0.697. The number of benzene rings is 3. The maximum Gasteiger partial charge on any atom is 0.419 e. The Morgan fingerprint density at radius 2 is 1.76 bits per heavy atom. The molecule has 1 heterocycles. The first kappa shape index (κ1) is 29.0. The lowest BCUT2D eigenvalue weighted by Crippen LogP contribution is -2.26. The van der Waals surface area contributed by atoms with Gasteiger partial charge in [-0.25, -0.2) is 0 Å². The minimum Gasteiger partial charge on any atom is -0.508 e. The van der Waals surface area contributed by atoms with Crippen molar-refractivity contribution in [2.24, 2.45) is 0 Å². The number of aromatic hydroxyl groups is 1. The average Bonchev–Trinajstić information content (AvgIpc) is 3.31. The number of allylic oxidation sites excluding steroid dienone is 1. The van der Waals surface area contributed by atoms with Crippen LogP contribution in [-0.4, -0.2) is 49.0 Å². The summed E-state index contributed by atoms with van der Waals surface area (Å²) in [4.78, 5) is 2.21. The molecule has 218 valence electrons. The normalized spacial score (nSPS) is 17.8. The molecule has 0 radical (unpaired) electrons. The predicted octanol–water partition coefficient (Wildman–Crippen LogP) is 7.92.